The molecular weight excluding hydrogens is 433 g/mol. The standard InChI is InChI=1S/C21H25F3N2O4S/c1-3-5-9-17(27)20(28)25-14-10-11-19(18(13-14)29-4-2)31-26-15-7-6-8-16(12-15)30-21(22,23)24/h6-8,10-13,17,26-27H,3-5,9H2,1-2H3,(H,25,28). The Morgan fingerprint density at radius 2 is 1.94 bits per heavy atom. The van der Waals surface area contributed by atoms with Crippen LogP contribution in [0, 0.1) is 0 Å². The number of carbonyl (C=O) groups excluding carboxylic acids is 1. The molecule has 3 N–H and O–H groups in total. The van der Waals surface area contributed by atoms with Crippen molar-refractivity contribution in [2.75, 3.05) is 16.6 Å². The lowest BCUT2D eigenvalue weighted by atomic mass is 10.1. The van der Waals surface area contributed by atoms with Gasteiger partial charge in [-0.3, -0.25) is 4.79 Å². The number of unbranched alkanes of at least 4 members (excludes halogenated alkanes) is 1. The molecule has 2 aromatic rings. The Labute approximate surface area is 183 Å². The van der Waals surface area contributed by atoms with Crippen LogP contribution in [0.1, 0.15) is 33.1 Å². The van der Waals surface area contributed by atoms with Crippen molar-refractivity contribution < 1.29 is 32.5 Å². The molecule has 0 aliphatic carbocycles. The monoisotopic (exact) mass is 458 g/mol. The summed E-state index contributed by atoms with van der Waals surface area (Å²) in [6, 6.07) is 10.5. The minimum atomic E-state index is -4.77. The van der Waals surface area contributed by atoms with Crippen LogP contribution in [0.3, 0.4) is 0 Å². The van der Waals surface area contributed by atoms with Gasteiger partial charge in [-0.15, -0.1) is 13.2 Å². The molecule has 0 saturated heterocycles. The number of carbonyl (C=O) groups is 1. The fourth-order valence-electron chi connectivity index (χ4n) is 2.56. The van der Waals surface area contributed by atoms with Crippen molar-refractivity contribution in [3.63, 3.8) is 0 Å². The van der Waals surface area contributed by atoms with Crippen LogP contribution in [-0.2, 0) is 4.79 Å². The van der Waals surface area contributed by atoms with Crippen molar-refractivity contribution in [2.24, 2.45) is 0 Å². The van der Waals surface area contributed by atoms with Crippen molar-refractivity contribution in [3.8, 4) is 11.5 Å². The summed E-state index contributed by atoms with van der Waals surface area (Å²) in [6.07, 6.45) is -3.84. The van der Waals surface area contributed by atoms with Gasteiger partial charge >= 0.3 is 6.36 Å². The van der Waals surface area contributed by atoms with Gasteiger partial charge in [0.25, 0.3) is 5.91 Å². The second-order valence-electron chi connectivity index (χ2n) is 6.52. The van der Waals surface area contributed by atoms with Gasteiger partial charge in [-0.05, 0) is 49.6 Å². The zero-order valence-electron chi connectivity index (χ0n) is 17.2. The maximum atomic E-state index is 12.4. The van der Waals surface area contributed by atoms with Gasteiger partial charge in [0.05, 0.1) is 11.5 Å². The summed E-state index contributed by atoms with van der Waals surface area (Å²) >= 11 is 1.14. The second kappa shape index (κ2) is 11.7. The Bertz CT molecular complexity index is 865. The molecule has 1 unspecified atom stereocenters. The number of rotatable bonds is 11. The summed E-state index contributed by atoms with van der Waals surface area (Å²) in [5, 5.41) is 12.6. The number of aliphatic hydroxyl groups excluding tert-OH is 1. The molecule has 0 aromatic heterocycles. The number of alkyl halides is 3. The van der Waals surface area contributed by atoms with Crippen LogP contribution in [0.15, 0.2) is 47.4 Å². The minimum Gasteiger partial charge on any atom is -0.493 e. The smallest absolute Gasteiger partial charge is 0.493 e. The first-order chi connectivity index (χ1) is 14.7. The number of benzene rings is 2. The Morgan fingerprint density at radius 1 is 1.16 bits per heavy atom. The van der Waals surface area contributed by atoms with E-state index in [0.717, 1.165) is 24.8 Å². The lowest BCUT2D eigenvalue weighted by Gasteiger charge is -2.15. The number of amides is 1. The first kappa shape index (κ1) is 24.7. The van der Waals surface area contributed by atoms with E-state index in [1.54, 1.807) is 31.2 Å². The highest BCUT2D eigenvalue weighted by Crippen LogP contribution is 2.34. The van der Waals surface area contributed by atoms with E-state index in [-0.39, 0.29) is 5.75 Å². The third-order valence-corrected chi connectivity index (χ3v) is 4.89. The van der Waals surface area contributed by atoms with Crippen LogP contribution in [0.25, 0.3) is 0 Å². The third-order valence-electron chi connectivity index (χ3n) is 3.99. The lowest BCUT2D eigenvalue weighted by Crippen LogP contribution is -2.27. The van der Waals surface area contributed by atoms with Gasteiger partial charge < -0.3 is 24.6 Å². The third kappa shape index (κ3) is 8.58. The zero-order valence-corrected chi connectivity index (χ0v) is 18.0. The van der Waals surface area contributed by atoms with E-state index in [1.807, 2.05) is 6.92 Å². The van der Waals surface area contributed by atoms with Crippen LogP contribution in [0.2, 0.25) is 0 Å². The van der Waals surface area contributed by atoms with Gasteiger partial charge in [0.2, 0.25) is 0 Å². The van der Waals surface area contributed by atoms with Crippen LogP contribution in [-0.4, -0.2) is 30.1 Å². The van der Waals surface area contributed by atoms with Gasteiger partial charge in [-0.25, -0.2) is 0 Å². The van der Waals surface area contributed by atoms with Crippen LogP contribution in [0.5, 0.6) is 11.5 Å². The zero-order chi connectivity index (χ0) is 22.9. The summed E-state index contributed by atoms with van der Waals surface area (Å²) in [4.78, 5) is 12.8. The fourth-order valence-corrected chi connectivity index (χ4v) is 3.27. The second-order valence-corrected chi connectivity index (χ2v) is 7.37. The number of anilines is 2. The molecule has 0 heterocycles. The average molecular weight is 459 g/mol. The van der Waals surface area contributed by atoms with Crippen molar-refractivity contribution in [2.45, 2.75) is 50.5 Å². The summed E-state index contributed by atoms with van der Waals surface area (Å²) in [6.45, 7) is 4.15. The largest absolute Gasteiger partial charge is 0.573 e. The number of aliphatic hydroxyl groups is 1. The molecule has 170 valence electrons. The molecule has 1 atom stereocenters. The molecular formula is C21H25F3N2O4S. The molecule has 0 aliphatic heterocycles. The van der Waals surface area contributed by atoms with E-state index in [9.17, 15) is 23.1 Å². The van der Waals surface area contributed by atoms with Gasteiger partial charge in [0, 0.05) is 23.5 Å². The molecule has 10 heteroatoms. The van der Waals surface area contributed by atoms with Gasteiger partial charge in [0.15, 0.2) is 0 Å². The molecule has 2 rings (SSSR count). The van der Waals surface area contributed by atoms with Crippen LogP contribution >= 0.6 is 11.9 Å². The van der Waals surface area contributed by atoms with E-state index in [4.69, 9.17) is 4.74 Å². The highest BCUT2D eigenvalue weighted by molar-refractivity contribution is 8.00. The van der Waals surface area contributed by atoms with Gasteiger partial charge in [0.1, 0.15) is 17.6 Å². The molecule has 1 amide bonds. The van der Waals surface area contributed by atoms with E-state index < -0.39 is 18.4 Å². The quantitative estimate of drug-likeness (QED) is 0.381. The van der Waals surface area contributed by atoms with Gasteiger partial charge in [-0.2, -0.15) is 0 Å². The summed E-state index contributed by atoms with van der Waals surface area (Å²) in [5.74, 6) is -0.345. The molecule has 0 saturated carbocycles. The molecule has 6 nitrogen and oxygen atoms in total. The summed E-state index contributed by atoms with van der Waals surface area (Å²) < 4.78 is 49.7. The molecule has 0 radical (unpaired) electrons. The highest BCUT2D eigenvalue weighted by Gasteiger charge is 2.31. The number of hydrogen-bond donors (Lipinski definition) is 3. The van der Waals surface area contributed by atoms with E-state index in [0.29, 0.717) is 35.0 Å². The predicted molar refractivity (Wildman–Crippen MR) is 114 cm³/mol. The van der Waals surface area contributed by atoms with Gasteiger partial charge in [-0.1, -0.05) is 25.8 Å². The number of halogens is 3. The summed E-state index contributed by atoms with van der Waals surface area (Å²) in [5.41, 5.74) is 0.875. The average Bonchev–Trinajstić information content (AvgIpc) is 2.70. The molecule has 0 aliphatic rings. The Hall–Kier alpha value is -2.59. The van der Waals surface area contributed by atoms with Crippen LogP contribution in [0.4, 0.5) is 24.5 Å². The molecule has 2 aromatic carbocycles. The molecule has 0 bridgehead atoms. The number of hydrogen-bond acceptors (Lipinski definition) is 6. The molecule has 31 heavy (non-hydrogen) atoms. The van der Waals surface area contributed by atoms with E-state index >= 15 is 0 Å². The maximum absolute atomic E-state index is 12.4. The molecule has 0 spiro atoms. The predicted octanol–water partition coefficient (Wildman–Crippen LogP) is 5.59. The van der Waals surface area contributed by atoms with Crippen LogP contribution < -0.4 is 19.5 Å². The van der Waals surface area contributed by atoms with Crippen molar-refractivity contribution >= 4 is 29.2 Å². The van der Waals surface area contributed by atoms with Crippen molar-refractivity contribution in [1.29, 1.82) is 0 Å². The number of nitrogens with one attached hydrogen (secondary N) is 2. The topological polar surface area (TPSA) is 79.8 Å². The van der Waals surface area contributed by atoms with E-state index in [1.165, 1.54) is 18.2 Å². The maximum Gasteiger partial charge on any atom is 0.573 e. The highest BCUT2D eigenvalue weighted by atomic mass is 32.2. The van der Waals surface area contributed by atoms with Crippen molar-refractivity contribution in [1.82, 2.24) is 0 Å². The Balaban J connectivity index is 2.06. The fraction of sp³-hybridized carbons (Fsp3) is 0.381. The Kier molecular flexibility index (Phi) is 9.32. The Morgan fingerprint density at radius 3 is 2.61 bits per heavy atom. The lowest BCUT2D eigenvalue weighted by molar-refractivity contribution is -0.274. The SMILES string of the molecule is CCCCC(O)C(=O)Nc1ccc(SNc2cccc(OC(F)(F)F)c2)c(OCC)c1. The first-order valence-electron chi connectivity index (χ1n) is 9.76. The molecule has 0 fully saturated rings. The summed E-state index contributed by atoms with van der Waals surface area (Å²) in [7, 11) is 0. The normalized spacial score (nSPS) is 12.2. The minimum absolute atomic E-state index is 0.331. The first-order valence-corrected chi connectivity index (χ1v) is 10.6. The van der Waals surface area contributed by atoms with E-state index in [2.05, 4.69) is 14.8 Å². The number of ether oxygens (including phenoxy) is 2. The van der Waals surface area contributed by atoms with Crippen molar-refractivity contribution in [3.05, 3.63) is 42.5 Å².